The van der Waals surface area contributed by atoms with Crippen molar-refractivity contribution in [3.05, 3.63) is 59.2 Å². The van der Waals surface area contributed by atoms with Gasteiger partial charge in [-0.25, -0.2) is 8.78 Å². The van der Waals surface area contributed by atoms with E-state index in [-0.39, 0.29) is 48.9 Å². The first kappa shape index (κ1) is 35.6. The predicted molar refractivity (Wildman–Crippen MR) is 172 cm³/mol. The molecule has 2 saturated heterocycles. The van der Waals surface area contributed by atoms with Crippen molar-refractivity contribution in [2.75, 3.05) is 32.8 Å². The molecule has 0 aliphatic carbocycles. The second-order valence-corrected chi connectivity index (χ2v) is 13.3. The number of carbonyl (C=O) groups excluding carboxylic acids is 2. The number of hydrogen-bond acceptors (Lipinski definition) is 7. The monoisotopic (exact) mass is 644 g/mol. The van der Waals surface area contributed by atoms with E-state index >= 15 is 0 Å². The summed E-state index contributed by atoms with van der Waals surface area (Å²) in [6, 6.07) is 7.39. The van der Waals surface area contributed by atoms with Crippen molar-refractivity contribution < 1.29 is 33.0 Å². The molecule has 0 spiro atoms. The number of halogens is 2. The zero-order valence-electron chi connectivity index (χ0n) is 27.5. The molecule has 2 aromatic carbocycles. The molecule has 254 valence electrons. The van der Waals surface area contributed by atoms with Crippen LogP contribution in [0.4, 0.5) is 8.78 Å². The van der Waals surface area contributed by atoms with Crippen LogP contribution >= 0.6 is 0 Å². The fourth-order valence-electron chi connectivity index (χ4n) is 6.14. The summed E-state index contributed by atoms with van der Waals surface area (Å²) in [4.78, 5) is 29.0. The maximum atomic E-state index is 14.8. The highest BCUT2D eigenvalue weighted by Crippen LogP contribution is 2.41. The standard InChI is InChI=1S/C35H50F2N4O5/c1-21(2)32(38)34(43)40-14-9-25(10-15-40)45-30-7-5-23(36)19-28(30)27(13-18-42)29-20-24(37)6-8-31(29)46-26-11-16-41(17-12-26)35(44)33(39)22(3)4/h5-8,19-22,25-27,32-33,42H,9-18,38-39H2,1-4H3/t32-,33-/m1/s1. The normalized spacial score (nSPS) is 17.9. The maximum Gasteiger partial charge on any atom is 0.239 e. The number of piperidine rings is 2. The second-order valence-electron chi connectivity index (χ2n) is 13.3. The van der Waals surface area contributed by atoms with Crippen molar-refractivity contribution in [1.29, 1.82) is 0 Å². The van der Waals surface area contributed by atoms with Gasteiger partial charge < -0.3 is 35.8 Å². The number of hydrogen-bond donors (Lipinski definition) is 3. The average Bonchev–Trinajstić information content (AvgIpc) is 3.04. The lowest BCUT2D eigenvalue weighted by Gasteiger charge is -2.35. The third kappa shape index (κ3) is 8.74. The van der Waals surface area contributed by atoms with Crippen molar-refractivity contribution in [3.8, 4) is 11.5 Å². The van der Waals surface area contributed by atoms with Crippen LogP contribution < -0.4 is 20.9 Å². The molecular formula is C35H50F2N4O5. The molecule has 2 aliphatic heterocycles. The molecule has 2 amide bonds. The molecule has 2 aromatic rings. The third-order valence-corrected chi connectivity index (χ3v) is 9.21. The van der Waals surface area contributed by atoms with E-state index in [4.69, 9.17) is 20.9 Å². The SMILES string of the molecule is CC(C)[C@@H](N)C(=O)N1CCC(Oc2ccc(F)cc2C(CCO)c2cc(F)ccc2OC2CCN(C(=O)[C@H](N)C(C)C)CC2)CC1. The molecule has 2 fully saturated rings. The van der Waals surface area contributed by atoms with Crippen LogP contribution in [0.25, 0.3) is 0 Å². The minimum atomic E-state index is -0.627. The quantitative estimate of drug-likeness (QED) is 0.316. The first-order valence-corrected chi connectivity index (χ1v) is 16.5. The maximum absolute atomic E-state index is 14.8. The molecule has 0 saturated carbocycles. The summed E-state index contributed by atoms with van der Waals surface area (Å²) in [7, 11) is 0. The Morgan fingerprint density at radius 2 is 1.13 bits per heavy atom. The lowest BCUT2D eigenvalue weighted by atomic mass is 9.87. The fraction of sp³-hybridized carbons (Fsp3) is 0.600. The van der Waals surface area contributed by atoms with Gasteiger partial charge in [0.25, 0.3) is 0 Å². The Morgan fingerprint density at radius 3 is 1.46 bits per heavy atom. The van der Waals surface area contributed by atoms with E-state index in [0.29, 0.717) is 74.5 Å². The van der Waals surface area contributed by atoms with E-state index in [1.54, 1.807) is 21.9 Å². The Morgan fingerprint density at radius 1 is 0.761 bits per heavy atom. The van der Waals surface area contributed by atoms with Crippen LogP contribution in [0.15, 0.2) is 36.4 Å². The number of amides is 2. The van der Waals surface area contributed by atoms with Crippen molar-refractivity contribution in [1.82, 2.24) is 9.80 Å². The second kappa shape index (κ2) is 16.0. The summed E-state index contributed by atoms with van der Waals surface area (Å²) in [6.45, 7) is 9.43. The summed E-state index contributed by atoms with van der Waals surface area (Å²) < 4.78 is 42.4. The van der Waals surface area contributed by atoms with Gasteiger partial charge in [0.15, 0.2) is 0 Å². The summed E-state index contributed by atoms with van der Waals surface area (Å²) in [5.41, 5.74) is 13.1. The van der Waals surface area contributed by atoms with Crippen molar-refractivity contribution >= 4 is 11.8 Å². The molecule has 11 heteroatoms. The summed E-state index contributed by atoms with van der Waals surface area (Å²) in [5, 5.41) is 10.1. The van der Waals surface area contributed by atoms with E-state index in [2.05, 4.69) is 0 Å². The van der Waals surface area contributed by atoms with Crippen LogP contribution in [0, 0.1) is 23.5 Å². The lowest BCUT2D eigenvalue weighted by molar-refractivity contribution is -0.136. The Hall–Kier alpha value is -3.28. The zero-order valence-corrected chi connectivity index (χ0v) is 27.5. The van der Waals surface area contributed by atoms with Crippen LogP contribution in [-0.4, -0.2) is 83.8 Å². The first-order chi connectivity index (χ1) is 21.9. The number of rotatable bonds is 12. The van der Waals surface area contributed by atoms with Gasteiger partial charge in [-0.15, -0.1) is 0 Å². The van der Waals surface area contributed by atoms with Crippen LogP contribution in [0.5, 0.6) is 11.5 Å². The Bertz CT molecular complexity index is 1230. The van der Waals surface area contributed by atoms with Gasteiger partial charge >= 0.3 is 0 Å². The number of likely N-dealkylation sites (tertiary alicyclic amines) is 2. The minimum absolute atomic E-state index is 0.0362. The molecule has 2 heterocycles. The smallest absolute Gasteiger partial charge is 0.239 e. The largest absolute Gasteiger partial charge is 0.490 e. The Kier molecular flexibility index (Phi) is 12.4. The molecule has 0 bridgehead atoms. The summed E-state index contributed by atoms with van der Waals surface area (Å²) in [6.07, 6.45) is 2.05. The number of ether oxygens (including phenoxy) is 2. The van der Waals surface area contributed by atoms with E-state index in [9.17, 15) is 23.5 Å². The van der Waals surface area contributed by atoms with E-state index in [0.717, 1.165) is 0 Å². The molecule has 0 aromatic heterocycles. The molecule has 2 aliphatic rings. The van der Waals surface area contributed by atoms with Crippen LogP contribution in [0.2, 0.25) is 0 Å². The van der Waals surface area contributed by atoms with Crippen molar-refractivity contribution in [2.45, 2.75) is 90.0 Å². The lowest BCUT2D eigenvalue weighted by Crippen LogP contribution is -2.50. The average molecular weight is 645 g/mol. The molecular weight excluding hydrogens is 594 g/mol. The van der Waals surface area contributed by atoms with Crippen molar-refractivity contribution in [3.63, 3.8) is 0 Å². The van der Waals surface area contributed by atoms with Crippen LogP contribution in [-0.2, 0) is 9.59 Å². The molecule has 46 heavy (non-hydrogen) atoms. The molecule has 9 nitrogen and oxygen atoms in total. The van der Waals surface area contributed by atoms with E-state index in [1.807, 2.05) is 27.7 Å². The van der Waals surface area contributed by atoms with Gasteiger partial charge in [-0.1, -0.05) is 27.7 Å². The van der Waals surface area contributed by atoms with Gasteiger partial charge in [-0.2, -0.15) is 0 Å². The first-order valence-electron chi connectivity index (χ1n) is 16.5. The molecule has 0 radical (unpaired) electrons. The van der Waals surface area contributed by atoms with E-state index < -0.39 is 29.6 Å². The number of nitrogens with zero attached hydrogens (tertiary/aromatic N) is 2. The highest BCUT2D eigenvalue weighted by atomic mass is 19.1. The number of aliphatic hydroxyl groups is 1. The summed E-state index contributed by atoms with van der Waals surface area (Å²) in [5.74, 6) is -0.796. The summed E-state index contributed by atoms with van der Waals surface area (Å²) >= 11 is 0. The zero-order chi connectivity index (χ0) is 33.5. The number of benzene rings is 2. The molecule has 5 N–H and O–H groups in total. The topological polar surface area (TPSA) is 131 Å². The van der Waals surface area contributed by atoms with Gasteiger partial charge in [-0.05, 0) is 54.7 Å². The highest BCUT2D eigenvalue weighted by molar-refractivity contribution is 5.82. The van der Waals surface area contributed by atoms with Gasteiger partial charge in [-0.3, -0.25) is 9.59 Å². The highest BCUT2D eigenvalue weighted by Gasteiger charge is 2.32. The number of nitrogens with two attached hydrogens (primary N) is 2. The third-order valence-electron chi connectivity index (χ3n) is 9.21. The Balaban J connectivity index is 1.52. The molecule has 0 unspecified atom stereocenters. The van der Waals surface area contributed by atoms with Gasteiger partial charge in [0, 0.05) is 75.5 Å². The number of carbonyl (C=O) groups is 2. The Labute approximate surface area is 271 Å². The van der Waals surface area contributed by atoms with Gasteiger partial charge in [0.2, 0.25) is 11.8 Å². The van der Waals surface area contributed by atoms with Crippen LogP contribution in [0.3, 0.4) is 0 Å². The van der Waals surface area contributed by atoms with Crippen molar-refractivity contribution in [2.24, 2.45) is 23.3 Å². The predicted octanol–water partition coefficient (Wildman–Crippen LogP) is 4.19. The fourth-order valence-corrected chi connectivity index (χ4v) is 6.14. The van der Waals surface area contributed by atoms with Crippen LogP contribution in [0.1, 0.15) is 76.8 Å². The minimum Gasteiger partial charge on any atom is -0.490 e. The van der Waals surface area contributed by atoms with E-state index in [1.165, 1.54) is 24.3 Å². The molecule has 4 rings (SSSR count). The van der Waals surface area contributed by atoms with Gasteiger partial charge in [0.1, 0.15) is 35.3 Å². The van der Waals surface area contributed by atoms with Gasteiger partial charge in [0.05, 0.1) is 12.1 Å². The number of aliphatic hydroxyl groups excluding tert-OH is 1. The molecule has 2 atom stereocenters.